The molecule has 0 spiro atoms. The van der Waals surface area contributed by atoms with E-state index < -0.39 is 0 Å². The maximum atomic E-state index is 3.75. The van der Waals surface area contributed by atoms with Gasteiger partial charge in [-0.1, -0.05) is 49.0 Å². The molecule has 0 bridgehead atoms. The predicted octanol–water partition coefficient (Wildman–Crippen LogP) is 3.99. The lowest BCUT2D eigenvalue weighted by atomic mass is 9.89. The fourth-order valence-electron chi connectivity index (χ4n) is 1.94. The normalized spacial score (nSPS) is 33.8. The summed E-state index contributed by atoms with van der Waals surface area (Å²) in [6.07, 6.45) is 7.13. The van der Waals surface area contributed by atoms with Crippen molar-refractivity contribution < 1.29 is 0 Å². The molecule has 0 N–H and O–H groups in total. The monoisotopic (exact) mass is 218 g/mol. The Morgan fingerprint density at radius 3 is 2.45 bits per heavy atom. The Balaban J connectivity index is 2.39. The van der Waals surface area contributed by atoms with Crippen LogP contribution in [0.5, 0.6) is 0 Å². The number of halogens is 1. The van der Waals surface area contributed by atoms with Gasteiger partial charge in [0.15, 0.2) is 0 Å². The van der Waals surface area contributed by atoms with Crippen LogP contribution in [0.25, 0.3) is 0 Å². The molecule has 0 aromatic rings. The van der Waals surface area contributed by atoms with E-state index in [1.807, 2.05) is 0 Å². The molecule has 0 radical (unpaired) electrons. The summed E-state index contributed by atoms with van der Waals surface area (Å²) in [5, 5.41) is 0. The molecule has 0 nitrogen and oxygen atoms in total. The summed E-state index contributed by atoms with van der Waals surface area (Å²) in [5.74, 6) is 1.86. The molecule has 0 saturated heterocycles. The van der Waals surface area contributed by atoms with Crippen molar-refractivity contribution in [2.45, 2.75) is 50.8 Å². The van der Waals surface area contributed by atoms with E-state index in [4.69, 9.17) is 0 Å². The fourth-order valence-corrected chi connectivity index (χ4v) is 2.75. The van der Waals surface area contributed by atoms with Gasteiger partial charge in [0.05, 0.1) is 0 Å². The van der Waals surface area contributed by atoms with Crippen LogP contribution in [0.4, 0.5) is 0 Å². The van der Waals surface area contributed by atoms with Crippen LogP contribution in [0.2, 0.25) is 0 Å². The van der Waals surface area contributed by atoms with Gasteiger partial charge >= 0.3 is 0 Å². The smallest absolute Gasteiger partial charge is 0.0148 e. The first kappa shape index (κ1) is 9.57. The summed E-state index contributed by atoms with van der Waals surface area (Å²) in [6, 6.07) is 0. The summed E-state index contributed by atoms with van der Waals surface area (Å²) in [6.45, 7) is 4.71. The summed E-state index contributed by atoms with van der Waals surface area (Å²) in [5.41, 5.74) is 0. The third-order valence-corrected chi connectivity index (χ3v) is 3.68. The van der Waals surface area contributed by atoms with Gasteiger partial charge in [-0.25, -0.2) is 0 Å². The van der Waals surface area contributed by atoms with Gasteiger partial charge in [-0.05, 0) is 24.7 Å². The summed E-state index contributed by atoms with van der Waals surface area (Å²) in [7, 11) is 0. The Labute approximate surface area is 78.9 Å². The van der Waals surface area contributed by atoms with Crippen molar-refractivity contribution in [3.8, 4) is 0 Å². The van der Waals surface area contributed by atoms with Crippen LogP contribution >= 0.6 is 15.9 Å². The lowest BCUT2D eigenvalue weighted by Crippen LogP contribution is -2.11. The minimum absolute atomic E-state index is 0.803. The van der Waals surface area contributed by atoms with Gasteiger partial charge in [-0.3, -0.25) is 0 Å². The first-order valence-electron chi connectivity index (χ1n) is 4.84. The lowest BCUT2D eigenvalue weighted by molar-refractivity contribution is 0.346. The first-order valence-corrected chi connectivity index (χ1v) is 5.75. The summed E-state index contributed by atoms with van der Waals surface area (Å²) < 4.78 is 0. The minimum Gasteiger partial charge on any atom is -0.0891 e. The first-order chi connectivity index (χ1) is 5.20. The van der Waals surface area contributed by atoms with Gasteiger partial charge in [-0.15, -0.1) is 0 Å². The van der Waals surface area contributed by atoms with Crippen LogP contribution < -0.4 is 0 Å². The van der Waals surface area contributed by atoms with Crippen molar-refractivity contribution in [3.05, 3.63) is 0 Å². The molecule has 11 heavy (non-hydrogen) atoms. The van der Waals surface area contributed by atoms with Crippen molar-refractivity contribution in [3.63, 3.8) is 0 Å². The predicted molar refractivity (Wildman–Crippen MR) is 54.1 cm³/mol. The standard InChI is InChI=1S/C10H19Br/c1-8(2)9-5-3-4-6-10(11)7-9/h8-10H,3-7H2,1-2H3. The van der Waals surface area contributed by atoms with Crippen LogP contribution in [0, 0.1) is 11.8 Å². The molecule has 2 atom stereocenters. The Morgan fingerprint density at radius 1 is 1.18 bits per heavy atom. The molecule has 1 rings (SSSR count). The molecular formula is C10H19Br. The number of hydrogen-bond donors (Lipinski definition) is 0. The molecule has 0 amide bonds. The molecule has 1 heteroatoms. The third kappa shape index (κ3) is 3.14. The Hall–Kier alpha value is 0.480. The Bertz CT molecular complexity index is 109. The van der Waals surface area contributed by atoms with E-state index in [-0.39, 0.29) is 0 Å². The van der Waals surface area contributed by atoms with Gasteiger partial charge < -0.3 is 0 Å². The molecule has 2 unspecified atom stereocenters. The lowest BCUT2D eigenvalue weighted by Gasteiger charge is -2.19. The van der Waals surface area contributed by atoms with Crippen molar-refractivity contribution >= 4 is 15.9 Å². The molecule has 0 aromatic heterocycles. The highest BCUT2D eigenvalue weighted by atomic mass is 79.9. The van der Waals surface area contributed by atoms with Crippen molar-refractivity contribution in [2.75, 3.05) is 0 Å². The Kier molecular flexibility index (Phi) is 3.91. The highest BCUT2D eigenvalue weighted by molar-refractivity contribution is 9.09. The van der Waals surface area contributed by atoms with Gasteiger partial charge in [0.25, 0.3) is 0 Å². The summed E-state index contributed by atoms with van der Waals surface area (Å²) in [4.78, 5) is 0.803. The van der Waals surface area contributed by atoms with E-state index in [9.17, 15) is 0 Å². The quantitative estimate of drug-likeness (QED) is 0.462. The average Bonchev–Trinajstić information content (AvgIpc) is 2.13. The second-order valence-corrected chi connectivity index (χ2v) is 5.42. The zero-order chi connectivity index (χ0) is 8.27. The maximum absolute atomic E-state index is 3.75. The molecule has 0 heterocycles. The second kappa shape index (κ2) is 4.49. The molecule has 1 aliphatic carbocycles. The van der Waals surface area contributed by atoms with Gasteiger partial charge in [0, 0.05) is 4.83 Å². The highest BCUT2D eigenvalue weighted by Crippen LogP contribution is 2.31. The van der Waals surface area contributed by atoms with Crippen LogP contribution in [0.15, 0.2) is 0 Å². The average molecular weight is 219 g/mol. The third-order valence-electron chi connectivity index (χ3n) is 2.84. The SMILES string of the molecule is CC(C)C1CCCCC(Br)C1. The van der Waals surface area contributed by atoms with Crippen LogP contribution in [-0.4, -0.2) is 4.83 Å². The molecule has 0 aromatic carbocycles. The molecule has 1 aliphatic rings. The highest BCUT2D eigenvalue weighted by Gasteiger charge is 2.20. The zero-order valence-corrected chi connectivity index (χ0v) is 9.23. The molecule has 1 saturated carbocycles. The van der Waals surface area contributed by atoms with Crippen molar-refractivity contribution in [2.24, 2.45) is 11.8 Å². The van der Waals surface area contributed by atoms with E-state index in [0.29, 0.717) is 0 Å². The number of hydrogen-bond acceptors (Lipinski definition) is 0. The van der Waals surface area contributed by atoms with E-state index in [2.05, 4.69) is 29.8 Å². The fraction of sp³-hybridized carbons (Fsp3) is 1.00. The van der Waals surface area contributed by atoms with E-state index in [1.165, 1.54) is 32.1 Å². The zero-order valence-electron chi connectivity index (χ0n) is 7.65. The van der Waals surface area contributed by atoms with E-state index >= 15 is 0 Å². The molecule has 66 valence electrons. The molecule has 1 fully saturated rings. The molecular weight excluding hydrogens is 200 g/mol. The van der Waals surface area contributed by atoms with Crippen LogP contribution in [-0.2, 0) is 0 Å². The topological polar surface area (TPSA) is 0 Å². The second-order valence-electron chi connectivity index (χ2n) is 4.12. The van der Waals surface area contributed by atoms with Gasteiger partial charge in [0.1, 0.15) is 0 Å². The van der Waals surface area contributed by atoms with Gasteiger partial charge in [0.2, 0.25) is 0 Å². The number of rotatable bonds is 1. The minimum atomic E-state index is 0.803. The maximum Gasteiger partial charge on any atom is 0.0148 e. The van der Waals surface area contributed by atoms with Crippen molar-refractivity contribution in [1.82, 2.24) is 0 Å². The molecule has 0 aliphatic heterocycles. The van der Waals surface area contributed by atoms with Crippen LogP contribution in [0.3, 0.4) is 0 Å². The van der Waals surface area contributed by atoms with E-state index in [1.54, 1.807) is 0 Å². The Morgan fingerprint density at radius 2 is 1.82 bits per heavy atom. The summed E-state index contributed by atoms with van der Waals surface area (Å²) >= 11 is 3.75. The number of alkyl halides is 1. The van der Waals surface area contributed by atoms with Crippen molar-refractivity contribution in [1.29, 1.82) is 0 Å². The van der Waals surface area contributed by atoms with Gasteiger partial charge in [-0.2, -0.15) is 0 Å². The van der Waals surface area contributed by atoms with Crippen LogP contribution in [0.1, 0.15) is 46.0 Å². The largest absolute Gasteiger partial charge is 0.0891 e. The van der Waals surface area contributed by atoms with E-state index in [0.717, 1.165) is 16.7 Å².